The van der Waals surface area contributed by atoms with Gasteiger partial charge in [-0.05, 0) is 47.9 Å². The molecule has 3 aliphatic heterocycles. The van der Waals surface area contributed by atoms with E-state index in [-0.39, 0.29) is 0 Å². The van der Waals surface area contributed by atoms with E-state index in [9.17, 15) is 5.26 Å². The number of hydrogen-bond acceptors (Lipinski definition) is 6. The SMILES string of the molecule is C[C@@H]1CN(c2ccc(C#N)c3ncccc23)C[C@@H]2CN(Cc3cccc4c3CNC4)CCN21. The van der Waals surface area contributed by atoms with Gasteiger partial charge in [0.25, 0.3) is 0 Å². The van der Waals surface area contributed by atoms with Crippen molar-refractivity contribution in [1.82, 2.24) is 20.1 Å². The fraction of sp³-hybridized carbons (Fsp3) is 0.407. The summed E-state index contributed by atoms with van der Waals surface area (Å²) in [5.74, 6) is 0. The van der Waals surface area contributed by atoms with E-state index in [4.69, 9.17) is 0 Å². The number of nitrogens with one attached hydrogen (secondary N) is 1. The van der Waals surface area contributed by atoms with Gasteiger partial charge in [-0.1, -0.05) is 18.2 Å². The summed E-state index contributed by atoms with van der Waals surface area (Å²) in [5.41, 5.74) is 7.11. The molecule has 0 radical (unpaired) electrons. The maximum Gasteiger partial charge on any atom is 0.101 e. The van der Waals surface area contributed by atoms with E-state index >= 15 is 0 Å². The Bertz CT molecular complexity index is 1230. The molecule has 0 saturated carbocycles. The Balaban J connectivity index is 1.24. The fourth-order valence-electron chi connectivity index (χ4n) is 6.08. The summed E-state index contributed by atoms with van der Waals surface area (Å²) in [4.78, 5) is 12.4. The standard InChI is InChI=1S/C27H30N6/c1-19-15-32(26-8-7-20(12-28)27-24(26)6-3-9-30-27)18-23-17-31(10-11-33(19)23)16-22-5-2-4-21-13-29-14-25(21)22/h2-9,19,23,29H,10-11,13-18H2,1H3/t19-,23+/m1/s1. The number of hydrogen-bond donors (Lipinski definition) is 1. The number of fused-ring (bicyclic) bond motifs is 3. The van der Waals surface area contributed by atoms with Crippen LogP contribution >= 0.6 is 0 Å². The van der Waals surface area contributed by atoms with Crippen molar-refractivity contribution >= 4 is 16.6 Å². The summed E-state index contributed by atoms with van der Waals surface area (Å²) in [7, 11) is 0. The van der Waals surface area contributed by atoms with E-state index < -0.39 is 0 Å². The largest absolute Gasteiger partial charge is 0.368 e. The van der Waals surface area contributed by atoms with Crippen molar-refractivity contribution in [2.24, 2.45) is 0 Å². The first-order chi connectivity index (χ1) is 16.2. The van der Waals surface area contributed by atoms with Gasteiger partial charge < -0.3 is 10.2 Å². The number of rotatable bonds is 3. The smallest absolute Gasteiger partial charge is 0.101 e. The van der Waals surface area contributed by atoms with E-state index in [0.717, 1.165) is 63.3 Å². The maximum absolute atomic E-state index is 9.52. The Morgan fingerprint density at radius 2 is 2.00 bits per heavy atom. The Morgan fingerprint density at radius 1 is 1.06 bits per heavy atom. The van der Waals surface area contributed by atoms with Crippen LogP contribution in [0.15, 0.2) is 48.7 Å². The first kappa shape index (κ1) is 20.6. The van der Waals surface area contributed by atoms with Gasteiger partial charge in [0.2, 0.25) is 0 Å². The van der Waals surface area contributed by atoms with Crippen LogP contribution < -0.4 is 10.2 Å². The van der Waals surface area contributed by atoms with Crippen LogP contribution in [0, 0.1) is 11.3 Å². The molecular weight excluding hydrogens is 408 g/mol. The van der Waals surface area contributed by atoms with Crippen LogP contribution in [0.2, 0.25) is 0 Å². The zero-order valence-corrected chi connectivity index (χ0v) is 19.2. The summed E-state index contributed by atoms with van der Waals surface area (Å²) in [6.45, 7) is 10.7. The summed E-state index contributed by atoms with van der Waals surface area (Å²) in [6, 6.07) is 18.2. The monoisotopic (exact) mass is 438 g/mol. The lowest BCUT2D eigenvalue weighted by Gasteiger charge is -2.51. The summed E-state index contributed by atoms with van der Waals surface area (Å²) >= 11 is 0. The molecule has 33 heavy (non-hydrogen) atoms. The minimum atomic E-state index is 0.499. The van der Waals surface area contributed by atoms with Crippen LogP contribution in [0.3, 0.4) is 0 Å². The lowest BCUT2D eigenvalue weighted by Crippen LogP contribution is -2.65. The number of anilines is 1. The van der Waals surface area contributed by atoms with E-state index in [2.05, 4.69) is 68.3 Å². The van der Waals surface area contributed by atoms with Crippen molar-refractivity contribution in [2.45, 2.75) is 38.6 Å². The van der Waals surface area contributed by atoms with Gasteiger partial charge in [-0.15, -0.1) is 0 Å². The van der Waals surface area contributed by atoms with Crippen molar-refractivity contribution in [1.29, 1.82) is 5.26 Å². The Kier molecular flexibility index (Phi) is 5.26. The predicted octanol–water partition coefficient (Wildman–Crippen LogP) is 3.10. The molecule has 168 valence electrons. The number of benzene rings is 2. The summed E-state index contributed by atoms with van der Waals surface area (Å²) in [6.07, 6.45) is 1.78. The average Bonchev–Trinajstić information content (AvgIpc) is 3.33. The zero-order valence-electron chi connectivity index (χ0n) is 19.2. The van der Waals surface area contributed by atoms with Crippen LogP contribution in [0.5, 0.6) is 0 Å². The normalized spacial score (nSPS) is 23.3. The fourth-order valence-corrected chi connectivity index (χ4v) is 6.08. The third kappa shape index (κ3) is 3.67. The molecule has 0 spiro atoms. The van der Waals surface area contributed by atoms with Crippen molar-refractivity contribution in [3.05, 3.63) is 70.9 Å². The lowest BCUT2D eigenvalue weighted by molar-refractivity contribution is 0.0317. The van der Waals surface area contributed by atoms with Gasteiger partial charge in [0.15, 0.2) is 0 Å². The van der Waals surface area contributed by atoms with Crippen LogP contribution in [-0.4, -0.2) is 59.6 Å². The molecule has 1 aromatic heterocycles. The van der Waals surface area contributed by atoms with Crippen LogP contribution in [-0.2, 0) is 19.6 Å². The molecule has 3 aromatic rings. The van der Waals surface area contributed by atoms with Gasteiger partial charge in [-0.25, -0.2) is 0 Å². The molecule has 2 atom stereocenters. The highest BCUT2D eigenvalue weighted by Gasteiger charge is 2.36. The van der Waals surface area contributed by atoms with Crippen LogP contribution in [0.4, 0.5) is 5.69 Å². The molecule has 0 amide bonds. The molecule has 2 aromatic carbocycles. The number of pyridine rings is 1. The van der Waals surface area contributed by atoms with Crippen molar-refractivity contribution in [3.8, 4) is 6.07 Å². The Hall–Kier alpha value is -2.98. The molecule has 6 nitrogen and oxygen atoms in total. The van der Waals surface area contributed by atoms with E-state index in [0.29, 0.717) is 17.6 Å². The molecule has 3 aliphatic rings. The average molecular weight is 439 g/mol. The molecule has 0 bridgehead atoms. The van der Waals surface area contributed by atoms with E-state index in [1.54, 1.807) is 6.20 Å². The minimum Gasteiger partial charge on any atom is -0.368 e. The van der Waals surface area contributed by atoms with E-state index in [1.165, 1.54) is 22.4 Å². The molecule has 0 unspecified atom stereocenters. The molecule has 2 fully saturated rings. The second-order valence-electron chi connectivity index (χ2n) is 9.68. The van der Waals surface area contributed by atoms with Crippen molar-refractivity contribution in [3.63, 3.8) is 0 Å². The Labute approximate surface area is 195 Å². The van der Waals surface area contributed by atoms with Crippen LogP contribution in [0.25, 0.3) is 10.9 Å². The molecule has 0 aliphatic carbocycles. The quantitative estimate of drug-likeness (QED) is 0.678. The second-order valence-corrected chi connectivity index (χ2v) is 9.68. The third-order valence-corrected chi connectivity index (χ3v) is 7.68. The highest BCUT2D eigenvalue weighted by Crippen LogP contribution is 2.32. The van der Waals surface area contributed by atoms with Gasteiger partial charge in [0.05, 0.1) is 11.1 Å². The van der Waals surface area contributed by atoms with Gasteiger partial charge in [0.1, 0.15) is 6.07 Å². The Morgan fingerprint density at radius 3 is 2.91 bits per heavy atom. The topological polar surface area (TPSA) is 58.4 Å². The van der Waals surface area contributed by atoms with Crippen LogP contribution in [0.1, 0.15) is 29.2 Å². The molecule has 1 N–H and O–H groups in total. The minimum absolute atomic E-state index is 0.499. The highest BCUT2D eigenvalue weighted by atomic mass is 15.4. The molecule has 2 saturated heterocycles. The van der Waals surface area contributed by atoms with Gasteiger partial charge >= 0.3 is 0 Å². The number of aromatic nitrogens is 1. The first-order valence-corrected chi connectivity index (χ1v) is 12.0. The lowest BCUT2D eigenvalue weighted by atomic mass is 9.99. The number of nitriles is 1. The van der Waals surface area contributed by atoms with Crippen molar-refractivity contribution < 1.29 is 0 Å². The first-order valence-electron chi connectivity index (χ1n) is 12.0. The zero-order chi connectivity index (χ0) is 22.4. The van der Waals surface area contributed by atoms with E-state index in [1.807, 2.05) is 12.1 Å². The van der Waals surface area contributed by atoms with Gasteiger partial charge in [-0.2, -0.15) is 5.26 Å². The predicted molar refractivity (Wildman–Crippen MR) is 131 cm³/mol. The summed E-state index contributed by atoms with van der Waals surface area (Å²) < 4.78 is 0. The molecule has 6 rings (SSSR count). The number of nitrogens with zero attached hydrogens (tertiary/aromatic N) is 5. The molecule has 6 heteroatoms. The molecular formula is C27H30N6. The number of piperazine rings is 2. The van der Waals surface area contributed by atoms with Gasteiger partial charge in [-0.3, -0.25) is 14.8 Å². The third-order valence-electron chi connectivity index (χ3n) is 7.68. The highest BCUT2D eigenvalue weighted by molar-refractivity contribution is 5.95. The van der Waals surface area contributed by atoms with Gasteiger partial charge in [0, 0.05) is 81.7 Å². The molecule has 4 heterocycles. The van der Waals surface area contributed by atoms with Crippen molar-refractivity contribution in [2.75, 3.05) is 37.6 Å². The second kappa shape index (κ2) is 8.42. The summed E-state index contributed by atoms with van der Waals surface area (Å²) in [5, 5.41) is 14.1. The maximum atomic E-state index is 9.52.